The fraction of sp³-hybridized carbons (Fsp3) is 0.636. The summed E-state index contributed by atoms with van der Waals surface area (Å²) in [6, 6.07) is 2.02. The molecule has 0 saturated carbocycles. The van der Waals surface area contributed by atoms with Gasteiger partial charge in [-0.3, -0.25) is 9.48 Å². The van der Waals surface area contributed by atoms with E-state index in [1.165, 1.54) is 0 Å². The number of nitrogens with zero attached hydrogens (tertiary/aromatic N) is 2. The Bertz CT molecular complexity index is 371. The van der Waals surface area contributed by atoms with Gasteiger partial charge in [0.05, 0.1) is 25.5 Å². The molecule has 1 aromatic rings. The van der Waals surface area contributed by atoms with Gasteiger partial charge < -0.3 is 15.4 Å². The summed E-state index contributed by atoms with van der Waals surface area (Å²) in [4.78, 5) is 11.7. The number of nitrogens with one attached hydrogen (secondary N) is 2. The Morgan fingerprint density at radius 1 is 1.76 bits per heavy atom. The standard InChI is InChI=1S/C11H18N4O2/c1-15-4-2-9(14-15)7-13-11(16)6-10-8-17-5-3-12-10/h2,4,10,12H,3,5-8H2,1H3,(H,13,16). The number of aryl methyl sites for hydroxylation is 1. The molecule has 1 saturated heterocycles. The zero-order chi connectivity index (χ0) is 12.1. The lowest BCUT2D eigenvalue weighted by atomic mass is 10.2. The number of morpholine rings is 1. The van der Waals surface area contributed by atoms with Gasteiger partial charge in [-0.1, -0.05) is 0 Å². The Morgan fingerprint density at radius 3 is 3.29 bits per heavy atom. The van der Waals surface area contributed by atoms with Crippen molar-refractivity contribution in [2.75, 3.05) is 19.8 Å². The highest BCUT2D eigenvalue weighted by molar-refractivity contribution is 5.76. The first-order chi connectivity index (χ1) is 8.24. The third kappa shape index (κ3) is 3.83. The van der Waals surface area contributed by atoms with Gasteiger partial charge in [-0.05, 0) is 6.07 Å². The van der Waals surface area contributed by atoms with Crippen LogP contribution in [0.4, 0.5) is 0 Å². The molecule has 6 heteroatoms. The zero-order valence-corrected chi connectivity index (χ0v) is 9.98. The lowest BCUT2D eigenvalue weighted by Gasteiger charge is -2.23. The summed E-state index contributed by atoms with van der Waals surface area (Å²) in [5, 5.41) is 10.3. The molecule has 6 nitrogen and oxygen atoms in total. The van der Waals surface area contributed by atoms with Gasteiger partial charge in [0.15, 0.2) is 0 Å². The monoisotopic (exact) mass is 238 g/mol. The number of hydrogen-bond donors (Lipinski definition) is 2. The van der Waals surface area contributed by atoms with Crippen LogP contribution >= 0.6 is 0 Å². The molecule has 0 radical (unpaired) electrons. The highest BCUT2D eigenvalue weighted by atomic mass is 16.5. The first-order valence-corrected chi connectivity index (χ1v) is 5.80. The van der Waals surface area contributed by atoms with E-state index < -0.39 is 0 Å². The van der Waals surface area contributed by atoms with Crippen molar-refractivity contribution in [2.45, 2.75) is 19.0 Å². The van der Waals surface area contributed by atoms with E-state index in [0.717, 1.165) is 18.8 Å². The van der Waals surface area contributed by atoms with Crippen LogP contribution in [0.2, 0.25) is 0 Å². The normalized spacial score (nSPS) is 20.2. The Hall–Kier alpha value is -1.40. The Kier molecular flexibility index (Phi) is 4.11. The van der Waals surface area contributed by atoms with Gasteiger partial charge in [0.25, 0.3) is 0 Å². The molecule has 1 aliphatic rings. The number of amides is 1. The molecule has 1 atom stereocenters. The van der Waals surface area contributed by atoms with E-state index in [9.17, 15) is 4.79 Å². The molecule has 2 N–H and O–H groups in total. The Morgan fingerprint density at radius 2 is 2.65 bits per heavy atom. The van der Waals surface area contributed by atoms with Crippen molar-refractivity contribution in [2.24, 2.45) is 7.05 Å². The van der Waals surface area contributed by atoms with Crippen LogP contribution in [0.5, 0.6) is 0 Å². The number of hydrogen-bond acceptors (Lipinski definition) is 4. The van der Waals surface area contributed by atoms with Crippen LogP contribution in [0.3, 0.4) is 0 Å². The second kappa shape index (κ2) is 5.79. The molecule has 1 aromatic heterocycles. The van der Waals surface area contributed by atoms with Crippen LogP contribution in [0, 0.1) is 0 Å². The van der Waals surface area contributed by atoms with E-state index in [2.05, 4.69) is 15.7 Å². The smallest absolute Gasteiger partial charge is 0.221 e. The summed E-state index contributed by atoms with van der Waals surface area (Å²) >= 11 is 0. The number of ether oxygens (including phenoxy) is 1. The molecule has 2 heterocycles. The Labute approximate surface area is 100 Å². The molecule has 1 amide bonds. The number of carbonyl (C=O) groups is 1. The number of carbonyl (C=O) groups excluding carboxylic acids is 1. The van der Waals surface area contributed by atoms with Gasteiger partial charge in [0.1, 0.15) is 0 Å². The van der Waals surface area contributed by atoms with Gasteiger partial charge in [-0.15, -0.1) is 0 Å². The van der Waals surface area contributed by atoms with Crippen molar-refractivity contribution in [3.8, 4) is 0 Å². The topological polar surface area (TPSA) is 68.2 Å². The van der Waals surface area contributed by atoms with Crippen LogP contribution in [0.25, 0.3) is 0 Å². The van der Waals surface area contributed by atoms with Crippen molar-refractivity contribution >= 4 is 5.91 Å². The minimum Gasteiger partial charge on any atom is -0.378 e. The third-order valence-electron chi connectivity index (χ3n) is 2.67. The molecule has 1 unspecified atom stereocenters. The van der Waals surface area contributed by atoms with Crippen molar-refractivity contribution in [1.29, 1.82) is 0 Å². The number of rotatable bonds is 4. The molecular weight excluding hydrogens is 220 g/mol. The van der Waals surface area contributed by atoms with Crippen LogP contribution in [-0.4, -0.2) is 41.5 Å². The molecule has 0 aliphatic carbocycles. The molecular formula is C11H18N4O2. The summed E-state index contributed by atoms with van der Waals surface area (Å²) in [6.45, 7) is 2.63. The van der Waals surface area contributed by atoms with Crippen LogP contribution < -0.4 is 10.6 Å². The van der Waals surface area contributed by atoms with E-state index >= 15 is 0 Å². The van der Waals surface area contributed by atoms with Gasteiger partial charge in [-0.25, -0.2) is 0 Å². The fourth-order valence-electron chi connectivity index (χ4n) is 1.79. The highest BCUT2D eigenvalue weighted by Gasteiger charge is 2.16. The van der Waals surface area contributed by atoms with Crippen LogP contribution in [0.1, 0.15) is 12.1 Å². The Balaban J connectivity index is 1.70. The van der Waals surface area contributed by atoms with Gasteiger partial charge in [0, 0.05) is 32.3 Å². The van der Waals surface area contributed by atoms with E-state index in [-0.39, 0.29) is 11.9 Å². The average molecular weight is 238 g/mol. The first-order valence-electron chi connectivity index (χ1n) is 5.80. The minimum absolute atomic E-state index is 0.0265. The maximum atomic E-state index is 11.7. The summed E-state index contributed by atoms with van der Waals surface area (Å²) < 4.78 is 7.01. The molecule has 1 fully saturated rings. The zero-order valence-electron chi connectivity index (χ0n) is 9.98. The lowest BCUT2D eigenvalue weighted by molar-refractivity contribution is -0.122. The fourth-order valence-corrected chi connectivity index (χ4v) is 1.79. The van der Waals surface area contributed by atoms with Crippen molar-refractivity contribution in [1.82, 2.24) is 20.4 Å². The molecule has 0 aromatic carbocycles. The maximum absolute atomic E-state index is 11.7. The largest absolute Gasteiger partial charge is 0.378 e. The van der Waals surface area contributed by atoms with Crippen molar-refractivity contribution in [3.05, 3.63) is 18.0 Å². The quantitative estimate of drug-likeness (QED) is 0.736. The molecule has 94 valence electrons. The van der Waals surface area contributed by atoms with E-state index in [0.29, 0.717) is 19.6 Å². The summed E-state index contributed by atoms with van der Waals surface area (Å²) in [5.74, 6) is 0.0265. The van der Waals surface area contributed by atoms with Crippen LogP contribution in [-0.2, 0) is 23.1 Å². The van der Waals surface area contributed by atoms with Crippen molar-refractivity contribution in [3.63, 3.8) is 0 Å². The predicted molar refractivity (Wildman–Crippen MR) is 62.3 cm³/mol. The average Bonchev–Trinajstić information content (AvgIpc) is 2.74. The van der Waals surface area contributed by atoms with E-state index in [4.69, 9.17) is 4.74 Å². The molecule has 1 aliphatic heterocycles. The van der Waals surface area contributed by atoms with Gasteiger partial charge >= 0.3 is 0 Å². The molecule has 0 spiro atoms. The minimum atomic E-state index is 0.0265. The van der Waals surface area contributed by atoms with Crippen molar-refractivity contribution < 1.29 is 9.53 Å². The highest BCUT2D eigenvalue weighted by Crippen LogP contribution is 1.99. The van der Waals surface area contributed by atoms with Gasteiger partial charge in [-0.2, -0.15) is 5.10 Å². The predicted octanol–water partition coefficient (Wildman–Crippen LogP) is -0.585. The SMILES string of the molecule is Cn1ccc(CNC(=O)CC2COCCN2)n1. The molecule has 17 heavy (non-hydrogen) atoms. The maximum Gasteiger partial charge on any atom is 0.221 e. The second-order valence-corrected chi connectivity index (χ2v) is 4.19. The number of aromatic nitrogens is 2. The van der Waals surface area contributed by atoms with E-state index in [1.54, 1.807) is 4.68 Å². The molecule has 2 rings (SSSR count). The first kappa shape index (κ1) is 12.1. The van der Waals surface area contributed by atoms with Gasteiger partial charge in [0.2, 0.25) is 5.91 Å². The van der Waals surface area contributed by atoms with E-state index in [1.807, 2.05) is 19.3 Å². The molecule has 0 bridgehead atoms. The summed E-state index contributed by atoms with van der Waals surface area (Å²) in [6.07, 6.45) is 2.31. The summed E-state index contributed by atoms with van der Waals surface area (Å²) in [5.41, 5.74) is 0.869. The van der Waals surface area contributed by atoms with Crippen LogP contribution in [0.15, 0.2) is 12.3 Å². The summed E-state index contributed by atoms with van der Waals surface area (Å²) in [7, 11) is 1.86. The second-order valence-electron chi connectivity index (χ2n) is 4.19. The lowest BCUT2D eigenvalue weighted by Crippen LogP contribution is -2.44. The third-order valence-corrected chi connectivity index (χ3v) is 2.67.